The molecule has 0 amide bonds. The summed E-state index contributed by atoms with van der Waals surface area (Å²) >= 11 is 1.78. The second-order valence-corrected chi connectivity index (χ2v) is 5.61. The molecule has 1 aromatic rings. The van der Waals surface area contributed by atoms with E-state index in [9.17, 15) is 9.18 Å². The molecule has 16 heavy (non-hydrogen) atoms. The van der Waals surface area contributed by atoms with E-state index >= 15 is 0 Å². The van der Waals surface area contributed by atoms with Gasteiger partial charge in [-0.2, -0.15) is 0 Å². The van der Waals surface area contributed by atoms with Crippen molar-refractivity contribution in [1.29, 1.82) is 0 Å². The minimum Gasteiger partial charge on any atom is -0.300 e. The van der Waals surface area contributed by atoms with Crippen LogP contribution in [-0.2, 0) is 4.79 Å². The third-order valence-electron chi connectivity index (χ3n) is 2.92. The van der Waals surface area contributed by atoms with E-state index in [1.54, 1.807) is 17.8 Å². The molecule has 3 heteroatoms. The van der Waals surface area contributed by atoms with Gasteiger partial charge in [-0.3, -0.25) is 4.79 Å². The molecule has 0 atom stereocenters. The van der Waals surface area contributed by atoms with Gasteiger partial charge in [-0.05, 0) is 43.5 Å². The molecule has 0 saturated heterocycles. The lowest BCUT2D eigenvalue weighted by molar-refractivity contribution is -0.120. The number of halogens is 1. The summed E-state index contributed by atoms with van der Waals surface area (Å²) < 4.78 is 12.9. The fourth-order valence-electron chi connectivity index (χ4n) is 1.96. The summed E-state index contributed by atoms with van der Waals surface area (Å²) in [6.45, 7) is 1.93. The molecular formula is C13H15FOS. The Hall–Kier alpha value is -0.830. The summed E-state index contributed by atoms with van der Waals surface area (Å²) in [6.07, 6.45) is 3.33. The first-order valence-electron chi connectivity index (χ1n) is 5.59. The normalized spacial score (nSPS) is 17.8. The van der Waals surface area contributed by atoms with Crippen molar-refractivity contribution in [3.63, 3.8) is 0 Å². The van der Waals surface area contributed by atoms with Gasteiger partial charge < -0.3 is 0 Å². The number of ketones is 1. The topological polar surface area (TPSA) is 17.1 Å². The van der Waals surface area contributed by atoms with Gasteiger partial charge in [0.05, 0.1) is 0 Å². The number of rotatable bonds is 2. The van der Waals surface area contributed by atoms with Gasteiger partial charge in [0.25, 0.3) is 0 Å². The van der Waals surface area contributed by atoms with E-state index in [-0.39, 0.29) is 5.82 Å². The predicted octanol–water partition coefficient (Wildman–Crippen LogP) is 3.74. The maximum atomic E-state index is 12.9. The van der Waals surface area contributed by atoms with E-state index in [1.165, 1.54) is 6.07 Å². The van der Waals surface area contributed by atoms with Crippen LogP contribution in [0.2, 0.25) is 0 Å². The van der Waals surface area contributed by atoms with Gasteiger partial charge in [-0.1, -0.05) is 0 Å². The van der Waals surface area contributed by atoms with Gasteiger partial charge in [0, 0.05) is 23.0 Å². The van der Waals surface area contributed by atoms with Gasteiger partial charge >= 0.3 is 0 Å². The molecule has 0 unspecified atom stereocenters. The summed E-state index contributed by atoms with van der Waals surface area (Å²) in [7, 11) is 0. The first-order valence-corrected chi connectivity index (χ1v) is 6.47. The van der Waals surface area contributed by atoms with Crippen molar-refractivity contribution in [2.45, 2.75) is 42.8 Å². The standard InChI is InChI=1S/C13H15FOS/c1-9-8-10(14)2-7-13(9)16-12-5-3-11(15)4-6-12/h2,7-8,12H,3-6H2,1H3. The Bertz CT molecular complexity index is 393. The van der Waals surface area contributed by atoms with Crippen molar-refractivity contribution < 1.29 is 9.18 Å². The van der Waals surface area contributed by atoms with E-state index in [1.807, 2.05) is 13.0 Å². The molecule has 0 heterocycles. The molecule has 1 fully saturated rings. The lowest BCUT2D eigenvalue weighted by Crippen LogP contribution is -2.15. The van der Waals surface area contributed by atoms with Crippen LogP contribution in [0.25, 0.3) is 0 Å². The number of thioether (sulfide) groups is 1. The van der Waals surface area contributed by atoms with Crippen molar-refractivity contribution in [2.75, 3.05) is 0 Å². The van der Waals surface area contributed by atoms with Crippen molar-refractivity contribution in [3.05, 3.63) is 29.6 Å². The van der Waals surface area contributed by atoms with Crippen molar-refractivity contribution in [3.8, 4) is 0 Å². The predicted molar refractivity (Wildman–Crippen MR) is 64.3 cm³/mol. The molecule has 2 rings (SSSR count). The second kappa shape index (κ2) is 5.00. The van der Waals surface area contributed by atoms with Gasteiger partial charge in [0.1, 0.15) is 11.6 Å². The monoisotopic (exact) mass is 238 g/mol. The molecule has 1 saturated carbocycles. The van der Waals surface area contributed by atoms with Crippen LogP contribution in [-0.4, -0.2) is 11.0 Å². The van der Waals surface area contributed by atoms with Crippen molar-refractivity contribution >= 4 is 17.5 Å². The van der Waals surface area contributed by atoms with Crippen LogP contribution < -0.4 is 0 Å². The van der Waals surface area contributed by atoms with E-state index in [2.05, 4.69) is 0 Å². The molecule has 86 valence electrons. The molecule has 0 aromatic heterocycles. The van der Waals surface area contributed by atoms with Crippen LogP contribution in [0.3, 0.4) is 0 Å². The Morgan fingerprint density at radius 1 is 1.31 bits per heavy atom. The van der Waals surface area contributed by atoms with E-state index in [4.69, 9.17) is 0 Å². The zero-order chi connectivity index (χ0) is 11.5. The number of Topliss-reactive ketones (excluding diaryl/α,β-unsaturated/α-hetero) is 1. The Kier molecular flexibility index (Phi) is 3.64. The molecule has 0 radical (unpaired) electrons. The van der Waals surface area contributed by atoms with Gasteiger partial charge in [0.15, 0.2) is 0 Å². The van der Waals surface area contributed by atoms with Crippen molar-refractivity contribution in [2.24, 2.45) is 0 Å². The molecular weight excluding hydrogens is 223 g/mol. The quantitative estimate of drug-likeness (QED) is 0.780. The zero-order valence-electron chi connectivity index (χ0n) is 9.33. The number of benzene rings is 1. The molecule has 0 N–H and O–H groups in total. The van der Waals surface area contributed by atoms with Gasteiger partial charge in [0.2, 0.25) is 0 Å². The highest BCUT2D eigenvalue weighted by Crippen LogP contribution is 2.34. The van der Waals surface area contributed by atoms with E-state index in [0.717, 1.165) is 23.3 Å². The molecule has 1 aliphatic rings. The lowest BCUT2D eigenvalue weighted by atomic mass is 9.99. The highest BCUT2D eigenvalue weighted by Gasteiger charge is 2.20. The van der Waals surface area contributed by atoms with Crippen LogP contribution in [0.1, 0.15) is 31.2 Å². The van der Waals surface area contributed by atoms with Crippen LogP contribution in [0.15, 0.2) is 23.1 Å². The average Bonchev–Trinajstić information content (AvgIpc) is 2.25. The Morgan fingerprint density at radius 3 is 2.62 bits per heavy atom. The first kappa shape index (κ1) is 11.6. The lowest BCUT2D eigenvalue weighted by Gasteiger charge is -2.21. The SMILES string of the molecule is Cc1cc(F)ccc1SC1CCC(=O)CC1. The first-order chi connectivity index (χ1) is 7.65. The van der Waals surface area contributed by atoms with E-state index < -0.39 is 0 Å². The minimum atomic E-state index is -0.180. The van der Waals surface area contributed by atoms with Gasteiger partial charge in [-0.15, -0.1) is 11.8 Å². The molecule has 0 aliphatic heterocycles. The summed E-state index contributed by atoms with van der Waals surface area (Å²) in [5, 5.41) is 0.516. The third kappa shape index (κ3) is 2.85. The number of hydrogen-bond donors (Lipinski definition) is 0. The Labute approximate surface area is 99.4 Å². The Morgan fingerprint density at radius 2 is 2.00 bits per heavy atom. The number of carbonyl (C=O) groups excluding carboxylic acids is 1. The van der Waals surface area contributed by atoms with Crippen LogP contribution in [0.5, 0.6) is 0 Å². The van der Waals surface area contributed by atoms with Crippen LogP contribution in [0.4, 0.5) is 4.39 Å². The van der Waals surface area contributed by atoms with Crippen LogP contribution in [0, 0.1) is 12.7 Å². The van der Waals surface area contributed by atoms with E-state index in [0.29, 0.717) is 23.9 Å². The molecule has 0 bridgehead atoms. The smallest absolute Gasteiger partial charge is 0.132 e. The Balaban J connectivity index is 2.01. The highest BCUT2D eigenvalue weighted by atomic mass is 32.2. The average molecular weight is 238 g/mol. The summed E-state index contributed by atoms with van der Waals surface area (Å²) in [5.41, 5.74) is 0.988. The summed E-state index contributed by atoms with van der Waals surface area (Å²) in [4.78, 5) is 12.3. The molecule has 1 aromatic carbocycles. The molecule has 1 nitrogen and oxygen atoms in total. The maximum absolute atomic E-state index is 12.9. The fourth-order valence-corrected chi connectivity index (χ4v) is 3.18. The fraction of sp³-hybridized carbons (Fsp3) is 0.462. The summed E-state index contributed by atoms with van der Waals surface area (Å²) in [5.74, 6) is 0.202. The zero-order valence-corrected chi connectivity index (χ0v) is 10.1. The maximum Gasteiger partial charge on any atom is 0.132 e. The second-order valence-electron chi connectivity index (χ2n) is 4.27. The largest absolute Gasteiger partial charge is 0.300 e. The number of aryl methyl sites for hydroxylation is 1. The number of hydrogen-bond acceptors (Lipinski definition) is 2. The van der Waals surface area contributed by atoms with Crippen molar-refractivity contribution in [1.82, 2.24) is 0 Å². The highest BCUT2D eigenvalue weighted by molar-refractivity contribution is 8.00. The van der Waals surface area contributed by atoms with Crippen LogP contribution >= 0.6 is 11.8 Å². The molecule has 0 spiro atoms. The third-order valence-corrected chi connectivity index (χ3v) is 4.44. The minimum absolute atomic E-state index is 0.180. The summed E-state index contributed by atoms with van der Waals surface area (Å²) in [6, 6.07) is 4.91. The number of carbonyl (C=O) groups is 1. The molecule has 1 aliphatic carbocycles. The van der Waals surface area contributed by atoms with Gasteiger partial charge in [-0.25, -0.2) is 4.39 Å².